The summed E-state index contributed by atoms with van der Waals surface area (Å²) >= 11 is 0. The number of piperidine rings is 1. The first kappa shape index (κ1) is 24.9. The molecule has 2 heterocycles. The van der Waals surface area contributed by atoms with Crippen LogP contribution < -0.4 is 10.1 Å². The molecule has 0 radical (unpaired) electrons. The highest BCUT2D eigenvalue weighted by Crippen LogP contribution is 2.23. The van der Waals surface area contributed by atoms with Gasteiger partial charge in [0, 0.05) is 18.4 Å². The molecule has 1 aliphatic heterocycles. The average molecular weight is 499 g/mol. The van der Waals surface area contributed by atoms with Gasteiger partial charge in [-0.2, -0.15) is 4.98 Å². The van der Waals surface area contributed by atoms with Gasteiger partial charge in [-0.05, 0) is 68.3 Å². The fourth-order valence-corrected chi connectivity index (χ4v) is 4.83. The fraction of sp³-hybridized carbons (Fsp3) is 0.400. The molecule has 4 rings (SSSR count). The highest BCUT2D eigenvalue weighted by molar-refractivity contribution is 7.90. The number of amides is 1. The monoisotopic (exact) mass is 498 g/mol. The third-order valence-corrected chi connectivity index (χ3v) is 7.35. The molecule has 1 N–H and O–H groups in total. The molecule has 10 heteroatoms. The Morgan fingerprint density at radius 1 is 1.20 bits per heavy atom. The van der Waals surface area contributed by atoms with Crippen LogP contribution in [0.3, 0.4) is 0 Å². The van der Waals surface area contributed by atoms with E-state index >= 15 is 0 Å². The average Bonchev–Trinajstić information content (AvgIpc) is 3.32. The summed E-state index contributed by atoms with van der Waals surface area (Å²) in [6, 6.07) is 13.8. The van der Waals surface area contributed by atoms with Gasteiger partial charge >= 0.3 is 0 Å². The van der Waals surface area contributed by atoms with Crippen LogP contribution in [-0.4, -0.2) is 55.8 Å². The lowest BCUT2D eigenvalue weighted by atomic mass is 9.96. The molecule has 1 saturated heterocycles. The number of carbonyl (C=O) groups is 1. The smallest absolute Gasteiger partial charge is 0.241 e. The Morgan fingerprint density at radius 3 is 2.57 bits per heavy atom. The van der Waals surface area contributed by atoms with E-state index < -0.39 is 9.84 Å². The Morgan fingerprint density at radius 2 is 1.91 bits per heavy atom. The zero-order chi connectivity index (χ0) is 25.0. The van der Waals surface area contributed by atoms with Gasteiger partial charge in [0.1, 0.15) is 5.75 Å². The Hall–Kier alpha value is -3.24. The quantitative estimate of drug-likeness (QED) is 0.503. The second kappa shape index (κ2) is 10.6. The standard InChI is InChI=1S/C25H30N4O5S/c1-17(18-8-12-22(13-9-18)35(3,31)32)26-25(30)20-5-4-14-29(15-20)16-23-27-24(28-34-23)19-6-10-21(33-2)11-7-19/h6-13,17,20H,4-5,14-16H2,1-3H3,(H,26,30). The van der Waals surface area contributed by atoms with E-state index in [4.69, 9.17) is 9.26 Å². The summed E-state index contributed by atoms with van der Waals surface area (Å²) in [4.78, 5) is 19.9. The van der Waals surface area contributed by atoms with Crippen molar-refractivity contribution in [2.24, 2.45) is 5.92 Å². The minimum Gasteiger partial charge on any atom is -0.497 e. The van der Waals surface area contributed by atoms with Gasteiger partial charge in [0.25, 0.3) is 0 Å². The highest BCUT2D eigenvalue weighted by Gasteiger charge is 2.28. The summed E-state index contributed by atoms with van der Waals surface area (Å²) in [5, 5.41) is 7.15. The molecule has 35 heavy (non-hydrogen) atoms. The number of methoxy groups -OCH3 is 1. The molecule has 2 unspecified atom stereocenters. The van der Waals surface area contributed by atoms with E-state index in [-0.39, 0.29) is 22.8 Å². The lowest BCUT2D eigenvalue weighted by Crippen LogP contribution is -2.43. The molecule has 1 aliphatic rings. The number of likely N-dealkylation sites (tertiary alicyclic amines) is 1. The van der Waals surface area contributed by atoms with Crippen molar-refractivity contribution in [3.8, 4) is 17.1 Å². The van der Waals surface area contributed by atoms with Gasteiger partial charge < -0.3 is 14.6 Å². The molecule has 186 valence electrons. The first-order valence-corrected chi connectivity index (χ1v) is 13.4. The normalized spacial score (nSPS) is 17.6. The first-order chi connectivity index (χ1) is 16.7. The minimum absolute atomic E-state index is 0.0150. The van der Waals surface area contributed by atoms with Crippen molar-refractivity contribution in [1.82, 2.24) is 20.4 Å². The number of sulfone groups is 1. The van der Waals surface area contributed by atoms with E-state index in [2.05, 4.69) is 20.4 Å². The lowest BCUT2D eigenvalue weighted by Gasteiger charge is -2.31. The maximum atomic E-state index is 13.0. The van der Waals surface area contributed by atoms with E-state index in [9.17, 15) is 13.2 Å². The summed E-state index contributed by atoms with van der Waals surface area (Å²) in [5.41, 5.74) is 1.70. The molecular formula is C25H30N4O5S. The number of carbonyl (C=O) groups excluding carboxylic acids is 1. The number of hydrogen-bond donors (Lipinski definition) is 1. The molecule has 0 spiro atoms. The third-order valence-electron chi connectivity index (χ3n) is 6.22. The van der Waals surface area contributed by atoms with E-state index in [0.29, 0.717) is 24.8 Å². The van der Waals surface area contributed by atoms with Crippen LogP contribution in [0.15, 0.2) is 57.9 Å². The number of nitrogens with one attached hydrogen (secondary N) is 1. The van der Waals surface area contributed by atoms with Gasteiger partial charge in [-0.25, -0.2) is 8.42 Å². The number of nitrogens with zero attached hydrogens (tertiary/aromatic N) is 3. The topological polar surface area (TPSA) is 115 Å². The molecule has 0 aliphatic carbocycles. The van der Waals surface area contributed by atoms with E-state index in [1.165, 1.54) is 6.26 Å². The number of ether oxygens (including phenoxy) is 1. The summed E-state index contributed by atoms with van der Waals surface area (Å²) in [6.45, 7) is 3.83. The van der Waals surface area contributed by atoms with E-state index in [0.717, 1.165) is 36.3 Å². The zero-order valence-electron chi connectivity index (χ0n) is 20.1. The lowest BCUT2D eigenvalue weighted by molar-refractivity contribution is -0.127. The number of aromatic nitrogens is 2. The Labute approximate surface area is 205 Å². The molecule has 0 bridgehead atoms. The molecule has 0 saturated carbocycles. The van der Waals surface area contributed by atoms with Crippen molar-refractivity contribution in [2.45, 2.75) is 37.2 Å². The van der Waals surface area contributed by atoms with Crippen LogP contribution in [0.25, 0.3) is 11.4 Å². The summed E-state index contributed by atoms with van der Waals surface area (Å²) in [5.74, 6) is 1.63. The predicted molar refractivity (Wildman–Crippen MR) is 130 cm³/mol. The number of benzene rings is 2. The van der Waals surface area contributed by atoms with Crippen LogP contribution in [0.1, 0.15) is 37.3 Å². The van der Waals surface area contributed by atoms with Crippen LogP contribution in [-0.2, 0) is 21.2 Å². The molecule has 1 amide bonds. The Bertz CT molecular complexity index is 1260. The second-order valence-electron chi connectivity index (χ2n) is 8.89. The molecule has 1 fully saturated rings. The first-order valence-electron chi connectivity index (χ1n) is 11.5. The minimum atomic E-state index is -3.25. The van der Waals surface area contributed by atoms with Gasteiger partial charge in [0.05, 0.1) is 30.5 Å². The Kier molecular flexibility index (Phi) is 7.51. The van der Waals surface area contributed by atoms with Crippen LogP contribution >= 0.6 is 0 Å². The molecule has 3 aromatic rings. The molecular weight excluding hydrogens is 468 g/mol. The Balaban J connectivity index is 1.33. The zero-order valence-corrected chi connectivity index (χ0v) is 20.9. The van der Waals surface area contributed by atoms with Crippen molar-refractivity contribution in [1.29, 1.82) is 0 Å². The van der Waals surface area contributed by atoms with Crippen molar-refractivity contribution >= 4 is 15.7 Å². The van der Waals surface area contributed by atoms with Gasteiger partial charge in [-0.1, -0.05) is 17.3 Å². The third kappa shape index (κ3) is 6.26. The second-order valence-corrected chi connectivity index (χ2v) is 10.9. The van der Waals surface area contributed by atoms with Crippen molar-refractivity contribution < 1.29 is 22.5 Å². The van der Waals surface area contributed by atoms with E-state index in [1.807, 2.05) is 31.2 Å². The largest absolute Gasteiger partial charge is 0.497 e. The molecule has 2 atom stereocenters. The van der Waals surface area contributed by atoms with Crippen LogP contribution in [0.5, 0.6) is 5.75 Å². The van der Waals surface area contributed by atoms with Gasteiger partial charge in [0.2, 0.25) is 17.6 Å². The summed E-state index contributed by atoms with van der Waals surface area (Å²) in [7, 11) is -1.63. The van der Waals surface area contributed by atoms with Gasteiger partial charge in [-0.15, -0.1) is 0 Å². The number of rotatable bonds is 8. The fourth-order valence-electron chi connectivity index (χ4n) is 4.20. The molecule has 9 nitrogen and oxygen atoms in total. The highest BCUT2D eigenvalue weighted by atomic mass is 32.2. The van der Waals surface area contributed by atoms with Crippen molar-refractivity contribution in [3.63, 3.8) is 0 Å². The SMILES string of the molecule is COc1ccc(-c2noc(CN3CCCC(C(=O)NC(C)c4ccc(S(C)(=O)=O)cc4)C3)n2)cc1. The molecule has 1 aromatic heterocycles. The number of hydrogen-bond acceptors (Lipinski definition) is 8. The van der Waals surface area contributed by atoms with Crippen LogP contribution in [0.2, 0.25) is 0 Å². The molecule has 2 aromatic carbocycles. The summed E-state index contributed by atoms with van der Waals surface area (Å²) < 4.78 is 34.0. The van der Waals surface area contributed by atoms with Gasteiger partial charge in [-0.3, -0.25) is 9.69 Å². The van der Waals surface area contributed by atoms with Crippen molar-refractivity contribution in [2.75, 3.05) is 26.5 Å². The van der Waals surface area contributed by atoms with Crippen LogP contribution in [0.4, 0.5) is 0 Å². The maximum absolute atomic E-state index is 13.0. The van der Waals surface area contributed by atoms with E-state index in [1.54, 1.807) is 31.4 Å². The van der Waals surface area contributed by atoms with Gasteiger partial charge in [0.15, 0.2) is 9.84 Å². The van der Waals surface area contributed by atoms with Crippen LogP contribution in [0, 0.1) is 5.92 Å². The predicted octanol–water partition coefficient (Wildman–Crippen LogP) is 3.24. The summed E-state index contributed by atoms with van der Waals surface area (Å²) in [6.07, 6.45) is 2.88. The van der Waals surface area contributed by atoms with Crippen molar-refractivity contribution in [3.05, 3.63) is 60.0 Å². The maximum Gasteiger partial charge on any atom is 0.241 e.